The summed E-state index contributed by atoms with van der Waals surface area (Å²) in [6.07, 6.45) is 9.12. The third kappa shape index (κ3) is 5.72. The minimum atomic E-state index is -0.280. The number of anilines is 2. The van der Waals surface area contributed by atoms with Crippen molar-refractivity contribution in [1.82, 2.24) is 20.3 Å². The van der Waals surface area contributed by atoms with E-state index < -0.39 is 0 Å². The molecule has 32 heavy (non-hydrogen) atoms. The monoisotopic (exact) mass is 434 g/mol. The molecule has 0 fully saturated rings. The van der Waals surface area contributed by atoms with Gasteiger partial charge in [-0.25, -0.2) is 9.78 Å². The highest BCUT2D eigenvalue weighted by Crippen LogP contribution is 2.31. The average Bonchev–Trinajstić information content (AvgIpc) is 2.80. The van der Waals surface area contributed by atoms with Crippen LogP contribution in [0.15, 0.2) is 49.1 Å². The van der Waals surface area contributed by atoms with Gasteiger partial charge in [-0.1, -0.05) is 19.4 Å². The van der Waals surface area contributed by atoms with Gasteiger partial charge in [0.2, 0.25) is 0 Å². The van der Waals surface area contributed by atoms with Gasteiger partial charge in [0.1, 0.15) is 11.6 Å². The highest BCUT2D eigenvalue weighted by Gasteiger charge is 2.15. The summed E-state index contributed by atoms with van der Waals surface area (Å²) in [6, 6.07) is 7.35. The van der Waals surface area contributed by atoms with Crippen LogP contribution in [0.4, 0.5) is 16.3 Å². The molecular formula is C24H30N6O2. The molecule has 0 spiro atoms. The zero-order valence-corrected chi connectivity index (χ0v) is 19.0. The molecule has 168 valence electrons. The predicted octanol–water partition coefficient (Wildman–Crippen LogP) is 4.95. The summed E-state index contributed by atoms with van der Waals surface area (Å²) in [5.41, 5.74) is 4.47. The van der Waals surface area contributed by atoms with Crippen molar-refractivity contribution in [2.24, 2.45) is 0 Å². The maximum atomic E-state index is 11.9. The molecule has 3 N–H and O–H groups in total. The van der Waals surface area contributed by atoms with Crippen molar-refractivity contribution in [2.45, 2.75) is 39.7 Å². The Morgan fingerprint density at radius 3 is 2.69 bits per heavy atom. The summed E-state index contributed by atoms with van der Waals surface area (Å²) in [4.78, 5) is 25.3. The van der Waals surface area contributed by atoms with E-state index in [4.69, 9.17) is 9.72 Å². The highest BCUT2D eigenvalue weighted by atomic mass is 16.5. The van der Waals surface area contributed by atoms with Gasteiger partial charge in [0.15, 0.2) is 0 Å². The Morgan fingerprint density at radius 2 is 1.97 bits per heavy atom. The summed E-state index contributed by atoms with van der Waals surface area (Å²) < 4.78 is 5.47. The Morgan fingerprint density at radius 1 is 1.12 bits per heavy atom. The number of aromatic nitrogens is 3. The number of carbonyl (C=O) groups is 1. The van der Waals surface area contributed by atoms with Crippen LogP contribution < -0.4 is 20.7 Å². The number of carbonyl (C=O) groups excluding carboxylic acids is 1. The van der Waals surface area contributed by atoms with E-state index in [-0.39, 0.29) is 12.1 Å². The number of benzene rings is 1. The number of nitrogens with zero attached hydrogens (tertiary/aromatic N) is 3. The lowest BCUT2D eigenvalue weighted by atomic mass is 10.00. The van der Waals surface area contributed by atoms with Crippen molar-refractivity contribution in [3.05, 3.63) is 60.2 Å². The van der Waals surface area contributed by atoms with Crippen molar-refractivity contribution in [3.63, 3.8) is 0 Å². The number of nitrogens with one attached hydrogen (secondary N) is 3. The molecule has 1 atom stereocenters. The first kappa shape index (κ1) is 23.0. The summed E-state index contributed by atoms with van der Waals surface area (Å²) in [6.45, 7) is 6.65. The first-order chi connectivity index (χ1) is 15.5. The van der Waals surface area contributed by atoms with Gasteiger partial charge in [0.05, 0.1) is 36.9 Å². The van der Waals surface area contributed by atoms with Crippen LogP contribution in [-0.4, -0.2) is 34.6 Å². The lowest BCUT2D eigenvalue weighted by molar-refractivity contribution is 0.252. The Labute approximate surface area is 188 Å². The number of hydrogen-bond donors (Lipinski definition) is 3. The Bertz CT molecular complexity index is 1060. The Balaban J connectivity index is 1.85. The number of rotatable bonds is 9. The number of hydrogen-bond acceptors (Lipinski definition) is 6. The van der Waals surface area contributed by atoms with Gasteiger partial charge in [-0.15, -0.1) is 0 Å². The van der Waals surface area contributed by atoms with Gasteiger partial charge in [-0.2, -0.15) is 0 Å². The normalized spacial score (nSPS) is 11.5. The van der Waals surface area contributed by atoms with E-state index in [2.05, 4.69) is 39.8 Å². The van der Waals surface area contributed by atoms with Crippen molar-refractivity contribution in [3.8, 4) is 17.0 Å². The fourth-order valence-corrected chi connectivity index (χ4v) is 3.47. The second-order valence-electron chi connectivity index (χ2n) is 7.41. The summed E-state index contributed by atoms with van der Waals surface area (Å²) in [7, 11) is 1.57. The minimum Gasteiger partial charge on any atom is -0.495 e. The number of amides is 2. The van der Waals surface area contributed by atoms with Gasteiger partial charge >= 0.3 is 6.03 Å². The third-order valence-corrected chi connectivity index (χ3v) is 5.07. The fraction of sp³-hybridized carbons (Fsp3) is 0.333. The van der Waals surface area contributed by atoms with E-state index in [1.54, 1.807) is 31.8 Å². The molecule has 0 aliphatic rings. The predicted molar refractivity (Wildman–Crippen MR) is 127 cm³/mol. The van der Waals surface area contributed by atoms with Crippen LogP contribution in [0.2, 0.25) is 0 Å². The molecule has 1 aromatic carbocycles. The average molecular weight is 435 g/mol. The van der Waals surface area contributed by atoms with Crippen LogP contribution in [0.1, 0.15) is 43.9 Å². The van der Waals surface area contributed by atoms with Gasteiger partial charge in [-0.3, -0.25) is 9.97 Å². The van der Waals surface area contributed by atoms with E-state index in [0.29, 0.717) is 29.5 Å². The lowest BCUT2D eigenvalue weighted by Crippen LogP contribution is -2.28. The molecule has 8 nitrogen and oxygen atoms in total. The molecule has 0 aliphatic carbocycles. The van der Waals surface area contributed by atoms with Crippen molar-refractivity contribution in [2.75, 3.05) is 24.3 Å². The second kappa shape index (κ2) is 11.1. The van der Waals surface area contributed by atoms with E-state index in [1.807, 2.05) is 31.3 Å². The van der Waals surface area contributed by atoms with E-state index in [1.165, 1.54) is 5.56 Å². The van der Waals surface area contributed by atoms with Gasteiger partial charge in [0, 0.05) is 24.5 Å². The largest absolute Gasteiger partial charge is 0.495 e. The van der Waals surface area contributed by atoms with Crippen molar-refractivity contribution >= 4 is 17.5 Å². The maximum Gasteiger partial charge on any atom is 0.319 e. The molecule has 3 aromatic rings. The quantitative estimate of drug-likeness (QED) is 0.440. The molecule has 0 bridgehead atoms. The lowest BCUT2D eigenvalue weighted by Gasteiger charge is -2.21. The molecular weight excluding hydrogens is 404 g/mol. The van der Waals surface area contributed by atoms with E-state index >= 15 is 0 Å². The zero-order chi connectivity index (χ0) is 22.9. The van der Waals surface area contributed by atoms with Crippen LogP contribution in [0, 0.1) is 6.92 Å². The molecule has 8 heteroatoms. The topological polar surface area (TPSA) is 101 Å². The maximum absolute atomic E-state index is 11.9. The van der Waals surface area contributed by atoms with E-state index in [9.17, 15) is 4.79 Å². The fourth-order valence-electron chi connectivity index (χ4n) is 3.47. The molecule has 2 aromatic heterocycles. The smallest absolute Gasteiger partial charge is 0.319 e. The van der Waals surface area contributed by atoms with Crippen molar-refractivity contribution < 1.29 is 9.53 Å². The van der Waals surface area contributed by atoms with Crippen molar-refractivity contribution in [1.29, 1.82) is 0 Å². The van der Waals surface area contributed by atoms with Crippen LogP contribution in [0.5, 0.6) is 5.75 Å². The molecule has 2 amide bonds. The standard InChI is InChI=1S/C24H30N6O2/c1-5-7-19(18-13-25-11-10-16(18)3)28-23-15-26-14-21(29-23)17-8-9-20(22(12-17)32-4)30-24(31)27-6-2/h8-15,19H,5-7H2,1-4H3,(H,28,29)(H2,27,30,31). The Hall–Kier alpha value is -3.68. The summed E-state index contributed by atoms with van der Waals surface area (Å²) in [5, 5.41) is 9.01. The minimum absolute atomic E-state index is 0.0939. The Kier molecular flexibility index (Phi) is 7.96. The number of pyridine rings is 1. The summed E-state index contributed by atoms with van der Waals surface area (Å²) >= 11 is 0. The number of aryl methyl sites for hydroxylation is 1. The molecule has 0 aliphatic heterocycles. The number of urea groups is 1. The van der Waals surface area contributed by atoms with Crippen LogP contribution in [0.3, 0.4) is 0 Å². The molecule has 3 rings (SSSR count). The van der Waals surface area contributed by atoms with Gasteiger partial charge in [-0.05, 0) is 49.6 Å². The first-order valence-electron chi connectivity index (χ1n) is 10.8. The third-order valence-electron chi connectivity index (χ3n) is 5.07. The molecule has 0 saturated heterocycles. The van der Waals surface area contributed by atoms with Crippen LogP contribution in [0.25, 0.3) is 11.3 Å². The van der Waals surface area contributed by atoms with Crippen LogP contribution >= 0.6 is 0 Å². The van der Waals surface area contributed by atoms with Gasteiger partial charge < -0.3 is 20.7 Å². The van der Waals surface area contributed by atoms with Crippen LogP contribution in [-0.2, 0) is 0 Å². The zero-order valence-electron chi connectivity index (χ0n) is 19.0. The second-order valence-corrected chi connectivity index (χ2v) is 7.41. The van der Waals surface area contributed by atoms with Gasteiger partial charge in [0.25, 0.3) is 0 Å². The number of methoxy groups -OCH3 is 1. The summed E-state index contributed by atoms with van der Waals surface area (Å²) in [5.74, 6) is 1.23. The highest BCUT2D eigenvalue weighted by molar-refractivity contribution is 5.91. The van der Waals surface area contributed by atoms with E-state index in [0.717, 1.165) is 24.0 Å². The molecule has 0 saturated carbocycles. The molecule has 2 heterocycles. The molecule has 1 unspecified atom stereocenters. The molecule has 0 radical (unpaired) electrons. The number of ether oxygens (including phenoxy) is 1. The first-order valence-corrected chi connectivity index (χ1v) is 10.8. The SMILES string of the molecule is CCCC(Nc1cncc(-c2ccc(NC(=O)NCC)c(OC)c2)n1)c1cnccc1C.